The number of ether oxygens (including phenoxy) is 4. The van der Waals surface area contributed by atoms with Gasteiger partial charge in [0.25, 0.3) is 15.9 Å². The zero-order chi connectivity index (χ0) is 26.7. The Hall–Kier alpha value is -4.32. The fraction of sp³-hybridized carbons (Fsp3) is 0.231. The quantitative estimate of drug-likeness (QED) is 0.361. The average Bonchev–Trinajstić information content (AvgIpc) is 2.94. The van der Waals surface area contributed by atoms with Crippen LogP contribution in [-0.2, 0) is 14.8 Å². The third kappa shape index (κ3) is 5.35. The molecule has 0 atom stereocenters. The van der Waals surface area contributed by atoms with Crippen molar-refractivity contribution in [1.29, 1.82) is 0 Å². The van der Waals surface area contributed by atoms with Gasteiger partial charge in [0.05, 0.1) is 16.3 Å². The Morgan fingerprint density at radius 1 is 0.868 bits per heavy atom. The lowest BCUT2D eigenvalue weighted by atomic mass is 10.1. The standard InChI is InChI=1S/C26H24FN3O7S/c1-17(18-2-8-22-24(14-18)36-12-10-34-22)28-29-26(31)16-30(20-5-3-19(27)4-6-20)38(32,33)21-7-9-23-25(15-21)37-13-11-35-23/h2-9,14-15H,10-13,16H2,1H3,(H,29,31)/b28-17-. The number of amides is 1. The second kappa shape index (κ2) is 10.6. The van der Waals surface area contributed by atoms with Gasteiger partial charge in [-0.15, -0.1) is 0 Å². The van der Waals surface area contributed by atoms with E-state index >= 15 is 0 Å². The second-order valence-corrected chi connectivity index (χ2v) is 10.2. The van der Waals surface area contributed by atoms with Gasteiger partial charge in [-0.25, -0.2) is 18.2 Å². The Kier molecular flexibility index (Phi) is 7.05. The van der Waals surface area contributed by atoms with Gasteiger partial charge in [0.1, 0.15) is 38.8 Å². The van der Waals surface area contributed by atoms with Gasteiger partial charge in [-0.1, -0.05) is 0 Å². The molecule has 2 aliphatic heterocycles. The maximum Gasteiger partial charge on any atom is 0.264 e. The van der Waals surface area contributed by atoms with E-state index < -0.39 is 28.3 Å². The Morgan fingerprint density at radius 3 is 2.11 bits per heavy atom. The first-order chi connectivity index (χ1) is 18.3. The molecular weight excluding hydrogens is 517 g/mol. The van der Waals surface area contributed by atoms with Crippen molar-refractivity contribution in [2.45, 2.75) is 11.8 Å². The molecule has 1 N–H and O–H groups in total. The molecule has 0 aliphatic carbocycles. The molecule has 0 aromatic heterocycles. The van der Waals surface area contributed by atoms with E-state index in [4.69, 9.17) is 18.9 Å². The van der Waals surface area contributed by atoms with Crippen LogP contribution in [0.2, 0.25) is 0 Å². The molecule has 0 saturated heterocycles. The van der Waals surface area contributed by atoms with Gasteiger partial charge >= 0.3 is 0 Å². The highest BCUT2D eigenvalue weighted by atomic mass is 32.2. The smallest absolute Gasteiger partial charge is 0.264 e. The van der Waals surface area contributed by atoms with Crippen LogP contribution >= 0.6 is 0 Å². The molecule has 2 aliphatic rings. The molecule has 198 valence electrons. The largest absolute Gasteiger partial charge is 0.486 e. The Labute approximate surface area is 218 Å². The number of halogens is 1. The molecule has 0 saturated carbocycles. The van der Waals surface area contributed by atoms with Gasteiger partial charge in [-0.05, 0) is 61.5 Å². The van der Waals surface area contributed by atoms with Crippen molar-refractivity contribution in [2.75, 3.05) is 37.3 Å². The minimum Gasteiger partial charge on any atom is -0.486 e. The predicted octanol–water partition coefficient (Wildman–Crippen LogP) is 3.10. The van der Waals surface area contributed by atoms with E-state index in [9.17, 15) is 17.6 Å². The summed E-state index contributed by atoms with van der Waals surface area (Å²) in [6, 6.07) is 14.2. The Morgan fingerprint density at radius 2 is 1.45 bits per heavy atom. The molecule has 2 heterocycles. The molecule has 0 fully saturated rings. The molecule has 10 nitrogen and oxygen atoms in total. The summed E-state index contributed by atoms with van der Waals surface area (Å²) in [6.07, 6.45) is 0. The third-order valence-corrected chi connectivity index (χ3v) is 7.58. The van der Waals surface area contributed by atoms with Crippen LogP contribution < -0.4 is 28.7 Å². The van der Waals surface area contributed by atoms with Gasteiger partial charge in [0, 0.05) is 11.6 Å². The third-order valence-electron chi connectivity index (χ3n) is 5.81. The van der Waals surface area contributed by atoms with Crippen LogP contribution in [0.1, 0.15) is 12.5 Å². The molecule has 38 heavy (non-hydrogen) atoms. The summed E-state index contributed by atoms with van der Waals surface area (Å²) >= 11 is 0. The van der Waals surface area contributed by atoms with Gasteiger partial charge in [-0.2, -0.15) is 5.10 Å². The Bertz CT molecular complexity index is 1490. The van der Waals surface area contributed by atoms with Gasteiger partial charge < -0.3 is 18.9 Å². The fourth-order valence-corrected chi connectivity index (χ4v) is 5.32. The minimum absolute atomic E-state index is 0.101. The van der Waals surface area contributed by atoms with E-state index in [2.05, 4.69) is 10.5 Å². The van der Waals surface area contributed by atoms with E-state index in [1.807, 2.05) is 0 Å². The van der Waals surface area contributed by atoms with Crippen LogP contribution in [0.4, 0.5) is 10.1 Å². The zero-order valence-electron chi connectivity index (χ0n) is 20.3. The number of hydrazone groups is 1. The van der Waals surface area contributed by atoms with Crippen LogP contribution in [0.5, 0.6) is 23.0 Å². The maximum atomic E-state index is 13.6. The van der Waals surface area contributed by atoms with E-state index in [-0.39, 0.29) is 22.9 Å². The van der Waals surface area contributed by atoms with Crippen molar-refractivity contribution in [3.63, 3.8) is 0 Å². The number of hydrogen-bond acceptors (Lipinski definition) is 8. The molecule has 1 amide bonds. The van der Waals surface area contributed by atoms with Crippen LogP contribution in [-0.4, -0.2) is 53.0 Å². The van der Waals surface area contributed by atoms with E-state index in [1.165, 1.54) is 30.3 Å². The maximum absolute atomic E-state index is 13.6. The predicted molar refractivity (Wildman–Crippen MR) is 136 cm³/mol. The van der Waals surface area contributed by atoms with Crippen molar-refractivity contribution >= 4 is 27.3 Å². The number of sulfonamides is 1. The Balaban J connectivity index is 1.38. The molecule has 0 unspecified atom stereocenters. The lowest BCUT2D eigenvalue weighted by Gasteiger charge is -2.25. The van der Waals surface area contributed by atoms with Gasteiger partial charge in [0.2, 0.25) is 0 Å². The number of fused-ring (bicyclic) bond motifs is 2. The van der Waals surface area contributed by atoms with Crippen molar-refractivity contribution in [3.05, 3.63) is 72.0 Å². The van der Waals surface area contributed by atoms with Crippen LogP contribution in [0.3, 0.4) is 0 Å². The summed E-state index contributed by atoms with van der Waals surface area (Å²) in [5.74, 6) is 0.645. The van der Waals surface area contributed by atoms with Crippen LogP contribution in [0, 0.1) is 5.82 Å². The minimum atomic E-state index is -4.26. The lowest BCUT2D eigenvalue weighted by Crippen LogP contribution is -2.39. The van der Waals surface area contributed by atoms with Crippen molar-refractivity contribution < 1.29 is 36.6 Å². The summed E-state index contributed by atoms with van der Waals surface area (Å²) in [6.45, 7) is 2.61. The summed E-state index contributed by atoms with van der Waals surface area (Å²) in [5.41, 5.74) is 3.66. The second-order valence-electron chi connectivity index (χ2n) is 8.38. The number of hydrogen-bond donors (Lipinski definition) is 1. The van der Waals surface area contributed by atoms with Crippen molar-refractivity contribution in [1.82, 2.24) is 5.43 Å². The van der Waals surface area contributed by atoms with Crippen LogP contribution in [0.15, 0.2) is 70.7 Å². The fourth-order valence-electron chi connectivity index (χ4n) is 3.88. The number of rotatable bonds is 7. The molecule has 3 aromatic carbocycles. The monoisotopic (exact) mass is 541 g/mol. The zero-order valence-corrected chi connectivity index (χ0v) is 21.2. The average molecular weight is 542 g/mol. The number of carbonyl (C=O) groups is 1. The molecule has 5 rings (SSSR count). The van der Waals surface area contributed by atoms with Crippen LogP contribution in [0.25, 0.3) is 0 Å². The number of nitrogens with zero attached hydrogens (tertiary/aromatic N) is 2. The molecule has 12 heteroatoms. The van der Waals surface area contributed by atoms with E-state index in [0.29, 0.717) is 48.3 Å². The summed E-state index contributed by atoms with van der Waals surface area (Å²) in [7, 11) is -4.26. The summed E-state index contributed by atoms with van der Waals surface area (Å²) in [4.78, 5) is 12.8. The first-order valence-electron chi connectivity index (χ1n) is 11.7. The highest BCUT2D eigenvalue weighted by Crippen LogP contribution is 2.34. The first-order valence-corrected chi connectivity index (χ1v) is 13.2. The summed E-state index contributed by atoms with van der Waals surface area (Å²) in [5, 5.41) is 4.12. The normalized spacial score (nSPS) is 14.5. The van der Waals surface area contributed by atoms with Gasteiger partial charge in [-0.3, -0.25) is 9.10 Å². The highest BCUT2D eigenvalue weighted by Gasteiger charge is 2.29. The van der Waals surface area contributed by atoms with Gasteiger partial charge in [0.15, 0.2) is 23.0 Å². The molecule has 3 aromatic rings. The molecule has 0 bridgehead atoms. The highest BCUT2D eigenvalue weighted by molar-refractivity contribution is 7.92. The number of benzene rings is 3. The van der Waals surface area contributed by atoms with Crippen molar-refractivity contribution in [2.24, 2.45) is 5.10 Å². The number of nitrogens with one attached hydrogen (secondary N) is 1. The van der Waals surface area contributed by atoms with Crippen molar-refractivity contribution in [3.8, 4) is 23.0 Å². The molecule has 0 spiro atoms. The molecular formula is C26H24FN3O7S. The van der Waals surface area contributed by atoms with E-state index in [1.54, 1.807) is 25.1 Å². The summed E-state index contributed by atoms with van der Waals surface area (Å²) < 4.78 is 63.8. The topological polar surface area (TPSA) is 116 Å². The van der Waals surface area contributed by atoms with E-state index in [0.717, 1.165) is 16.4 Å². The SMILES string of the molecule is C/C(=N/NC(=O)CN(c1ccc(F)cc1)S(=O)(=O)c1ccc2c(c1)OCCO2)c1ccc2c(c1)OCCO2. The molecule has 0 radical (unpaired) electrons. The number of anilines is 1. The lowest BCUT2D eigenvalue weighted by molar-refractivity contribution is -0.119. The number of carbonyl (C=O) groups excluding carboxylic acids is 1. The first kappa shape index (κ1) is 25.3.